The molecule has 1 heterocycles. The lowest BCUT2D eigenvalue weighted by Gasteiger charge is -2.17. The molecule has 0 aliphatic heterocycles. The number of nitrogens with zero attached hydrogens (tertiary/aromatic N) is 3. The van der Waals surface area contributed by atoms with Crippen molar-refractivity contribution in [1.82, 2.24) is 14.7 Å². The van der Waals surface area contributed by atoms with Crippen molar-refractivity contribution in [2.75, 3.05) is 21.3 Å². The van der Waals surface area contributed by atoms with Gasteiger partial charge >= 0.3 is 0 Å². The van der Waals surface area contributed by atoms with Gasteiger partial charge in [0, 0.05) is 12.7 Å². The van der Waals surface area contributed by atoms with Crippen molar-refractivity contribution in [1.29, 1.82) is 0 Å². The third-order valence-electron chi connectivity index (χ3n) is 2.89. The van der Waals surface area contributed by atoms with Crippen molar-refractivity contribution in [3.8, 4) is 11.5 Å². The van der Waals surface area contributed by atoms with E-state index in [2.05, 4.69) is 10.00 Å². The van der Waals surface area contributed by atoms with Gasteiger partial charge in [0.2, 0.25) is 0 Å². The van der Waals surface area contributed by atoms with Gasteiger partial charge in [-0.05, 0) is 24.7 Å². The van der Waals surface area contributed by atoms with Crippen molar-refractivity contribution in [3.63, 3.8) is 0 Å². The molecular formula is C14H18ClN3O2. The molecule has 0 spiro atoms. The van der Waals surface area contributed by atoms with Crippen molar-refractivity contribution < 1.29 is 9.47 Å². The minimum Gasteiger partial charge on any atom is -0.493 e. The number of halogens is 1. The maximum atomic E-state index is 5.84. The maximum Gasteiger partial charge on any atom is 0.161 e. The lowest BCUT2D eigenvalue weighted by molar-refractivity contribution is 0.246. The Hall–Kier alpha value is -1.72. The molecule has 2 aromatic rings. The normalized spacial score (nSPS) is 10.8. The van der Waals surface area contributed by atoms with Crippen molar-refractivity contribution in [2.24, 2.45) is 0 Å². The van der Waals surface area contributed by atoms with Crippen LogP contribution >= 0.6 is 11.6 Å². The highest BCUT2D eigenvalue weighted by atomic mass is 35.5. The Morgan fingerprint density at radius 3 is 2.60 bits per heavy atom. The van der Waals surface area contributed by atoms with Crippen LogP contribution in [0.25, 0.3) is 0 Å². The van der Waals surface area contributed by atoms with Gasteiger partial charge in [-0.2, -0.15) is 5.10 Å². The van der Waals surface area contributed by atoms with E-state index < -0.39 is 0 Å². The third kappa shape index (κ3) is 3.65. The zero-order valence-corrected chi connectivity index (χ0v) is 12.6. The molecule has 108 valence electrons. The largest absolute Gasteiger partial charge is 0.493 e. The molecule has 1 aromatic heterocycles. The maximum absolute atomic E-state index is 5.84. The van der Waals surface area contributed by atoms with E-state index >= 15 is 0 Å². The number of rotatable bonds is 6. The molecule has 0 amide bonds. The molecule has 20 heavy (non-hydrogen) atoms. The molecule has 0 radical (unpaired) electrons. The van der Waals surface area contributed by atoms with E-state index in [4.69, 9.17) is 21.1 Å². The van der Waals surface area contributed by atoms with Crippen LogP contribution in [0.2, 0.25) is 5.02 Å². The van der Waals surface area contributed by atoms with Gasteiger partial charge in [0.05, 0.1) is 32.1 Å². The van der Waals surface area contributed by atoms with Crippen molar-refractivity contribution in [3.05, 3.63) is 41.2 Å². The van der Waals surface area contributed by atoms with E-state index in [-0.39, 0.29) is 0 Å². The fourth-order valence-electron chi connectivity index (χ4n) is 2.00. The number of hydrogen-bond donors (Lipinski definition) is 0. The number of benzene rings is 1. The molecule has 0 bridgehead atoms. The Morgan fingerprint density at radius 2 is 2.00 bits per heavy atom. The Labute approximate surface area is 123 Å². The number of aromatic nitrogens is 2. The average Bonchev–Trinajstić information content (AvgIpc) is 2.83. The van der Waals surface area contributed by atoms with Crippen LogP contribution in [0.5, 0.6) is 11.5 Å². The molecule has 0 aliphatic rings. The highest BCUT2D eigenvalue weighted by Crippen LogP contribution is 2.27. The molecule has 2 rings (SSSR count). The van der Waals surface area contributed by atoms with Gasteiger partial charge in [-0.3, -0.25) is 9.58 Å². The Morgan fingerprint density at radius 1 is 1.25 bits per heavy atom. The average molecular weight is 296 g/mol. The van der Waals surface area contributed by atoms with E-state index in [0.717, 1.165) is 23.6 Å². The molecule has 1 aromatic carbocycles. The molecule has 0 saturated carbocycles. The van der Waals surface area contributed by atoms with Crippen LogP contribution in [-0.2, 0) is 13.2 Å². The van der Waals surface area contributed by atoms with Crippen LogP contribution in [0.3, 0.4) is 0 Å². The lowest BCUT2D eigenvalue weighted by atomic mass is 10.2. The second-order valence-corrected chi connectivity index (χ2v) is 4.98. The molecule has 0 atom stereocenters. The van der Waals surface area contributed by atoms with Crippen LogP contribution in [0.15, 0.2) is 30.6 Å². The van der Waals surface area contributed by atoms with Crippen LogP contribution in [0, 0.1) is 0 Å². The summed E-state index contributed by atoms with van der Waals surface area (Å²) in [5.74, 6) is 1.47. The second kappa shape index (κ2) is 6.63. The summed E-state index contributed by atoms with van der Waals surface area (Å²) in [7, 11) is 5.29. The molecule has 0 fully saturated rings. The topological polar surface area (TPSA) is 39.5 Å². The van der Waals surface area contributed by atoms with Gasteiger partial charge in [0.15, 0.2) is 11.5 Å². The summed E-state index contributed by atoms with van der Waals surface area (Å²) in [4.78, 5) is 2.13. The molecule has 6 heteroatoms. The number of hydrogen-bond acceptors (Lipinski definition) is 4. The van der Waals surface area contributed by atoms with Crippen molar-refractivity contribution in [2.45, 2.75) is 13.2 Å². The van der Waals surface area contributed by atoms with Gasteiger partial charge in [0.25, 0.3) is 0 Å². The van der Waals surface area contributed by atoms with E-state index in [1.165, 1.54) is 0 Å². The van der Waals surface area contributed by atoms with E-state index in [0.29, 0.717) is 11.7 Å². The van der Waals surface area contributed by atoms with Crippen LogP contribution in [-0.4, -0.2) is 35.9 Å². The Kier molecular flexibility index (Phi) is 4.87. The first-order valence-electron chi connectivity index (χ1n) is 6.19. The quantitative estimate of drug-likeness (QED) is 0.821. The minimum atomic E-state index is 0.643. The van der Waals surface area contributed by atoms with Crippen LogP contribution < -0.4 is 9.47 Å². The van der Waals surface area contributed by atoms with Gasteiger partial charge < -0.3 is 9.47 Å². The lowest BCUT2D eigenvalue weighted by Crippen LogP contribution is -2.21. The van der Waals surface area contributed by atoms with Crippen LogP contribution in [0.4, 0.5) is 0 Å². The Balaban J connectivity index is 2.02. The summed E-state index contributed by atoms with van der Waals surface area (Å²) in [6, 6.07) is 5.91. The zero-order valence-electron chi connectivity index (χ0n) is 11.8. The van der Waals surface area contributed by atoms with Crippen molar-refractivity contribution >= 4 is 11.6 Å². The molecule has 0 N–H and O–H groups in total. The summed E-state index contributed by atoms with van der Waals surface area (Å²) >= 11 is 5.84. The van der Waals surface area contributed by atoms with E-state index in [1.54, 1.807) is 31.3 Å². The molecular weight excluding hydrogens is 278 g/mol. The second-order valence-electron chi connectivity index (χ2n) is 4.54. The summed E-state index contributed by atoms with van der Waals surface area (Å²) in [5, 5.41) is 4.80. The Bertz CT molecular complexity index is 571. The van der Waals surface area contributed by atoms with Gasteiger partial charge in [-0.1, -0.05) is 17.7 Å². The van der Waals surface area contributed by atoms with E-state index in [9.17, 15) is 0 Å². The number of ether oxygens (including phenoxy) is 2. The number of methoxy groups -OCH3 is 2. The summed E-state index contributed by atoms with van der Waals surface area (Å²) in [6.07, 6.45) is 3.43. The SMILES string of the molecule is COc1ccc(CN(C)Cn2cc(Cl)cn2)cc1OC. The standard InChI is InChI=1S/C14H18ClN3O2/c1-17(10-18-9-12(15)7-16-18)8-11-4-5-13(19-2)14(6-11)20-3/h4-7,9H,8,10H2,1-3H3. The monoisotopic (exact) mass is 295 g/mol. The molecule has 5 nitrogen and oxygen atoms in total. The minimum absolute atomic E-state index is 0.643. The first-order valence-corrected chi connectivity index (χ1v) is 6.57. The smallest absolute Gasteiger partial charge is 0.161 e. The molecule has 0 unspecified atom stereocenters. The fraction of sp³-hybridized carbons (Fsp3) is 0.357. The summed E-state index contributed by atoms with van der Waals surface area (Å²) in [5.41, 5.74) is 1.14. The summed E-state index contributed by atoms with van der Waals surface area (Å²) < 4.78 is 12.3. The highest BCUT2D eigenvalue weighted by molar-refractivity contribution is 6.30. The van der Waals surface area contributed by atoms with Gasteiger partial charge in [-0.25, -0.2) is 0 Å². The van der Waals surface area contributed by atoms with Gasteiger partial charge in [0.1, 0.15) is 0 Å². The van der Waals surface area contributed by atoms with E-state index in [1.807, 2.05) is 25.2 Å². The fourth-order valence-corrected chi connectivity index (χ4v) is 2.16. The first kappa shape index (κ1) is 14.7. The first-order chi connectivity index (χ1) is 9.62. The predicted molar refractivity (Wildman–Crippen MR) is 78.3 cm³/mol. The van der Waals surface area contributed by atoms with Gasteiger partial charge in [-0.15, -0.1) is 0 Å². The molecule has 0 saturated heterocycles. The summed E-state index contributed by atoms with van der Waals surface area (Å²) in [6.45, 7) is 1.44. The van der Waals surface area contributed by atoms with Crippen LogP contribution in [0.1, 0.15) is 5.56 Å². The predicted octanol–water partition coefficient (Wildman–Crippen LogP) is 2.64. The third-order valence-corrected chi connectivity index (χ3v) is 3.08. The zero-order chi connectivity index (χ0) is 14.5. The molecule has 0 aliphatic carbocycles. The highest BCUT2D eigenvalue weighted by Gasteiger charge is 2.07.